The van der Waals surface area contributed by atoms with Gasteiger partial charge in [-0.3, -0.25) is 14.7 Å². The molecule has 8 heteroatoms. The van der Waals surface area contributed by atoms with Gasteiger partial charge in [-0.15, -0.1) is 24.0 Å². The first-order chi connectivity index (χ1) is 11.6. The minimum Gasteiger partial charge on any atom is -0.357 e. The highest BCUT2D eigenvalue weighted by Gasteiger charge is 2.24. The Bertz CT molecular complexity index is 421. The van der Waals surface area contributed by atoms with Gasteiger partial charge < -0.3 is 15.1 Å². The fourth-order valence-corrected chi connectivity index (χ4v) is 4.03. The molecule has 0 unspecified atom stereocenters. The Balaban J connectivity index is 0.00000312. The predicted molar refractivity (Wildman–Crippen MR) is 118 cm³/mol. The SMILES string of the molecule is CCNC(=NCCN1CCSCC1)N1CCN(C(=O)C(C)C)CC1.I. The molecule has 0 radical (unpaired) electrons. The van der Waals surface area contributed by atoms with Crippen LogP contribution in [0.5, 0.6) is 0 Å². The smallest absolute Gasteiger partial charge is 0.225 e. The molecule has 0 aromatic carbocycles. The number of nitrogens with one attached hydrogen (secondary N) is 1. The van der Waals surface area contributed by atoms with Crippen molar-refractivity contribution in [3.05, 3.63) is 0 Å². The highest BCUT2D eigenvalue weighted by Crippen LogP contribution is 2.09. The van der Waals surface area contributed by atoms with Crippen LogP contribution in [-0.2, 0) is 4.79 Å². The van der Waals surface area contributed by atoms with Crippen LogP contribution in [0.1, 0.15) is 20.8 Å². The Morgan fingerprint density at radius 1 is 1.08 bits per heavy atom. The summed E-state index contributed by atoms with van der Waals surface area (Å²) in [5.41, 5.74) is 0. The fraction of sp³-hybridized carbons (Fsp3) is 0.882. The Hall–Kier alpha value is -0.220. The first-order valence-corrected chi connectivity index (χ1v) is 10.4. The van der Waals surface area contributed by atoms with Crippen LogP contribution >= 0.6 is 35.7 Å². The van der Waals surface area contributed by atoms with Gasteiger partial charge in [0, 0.05) is 69.8 Å². The molecule has 2 heterocycles. The van der Waals surface area contributed by atoms with Gasteiger partial charge in [0.1, 0.15) is 0 Å². The number of halogens is 1. The predicted octanol–water partition coefficient (Wildman–Crippen LogP) is 1.42. The Morgan fingerprint density at radius 2 is 1.68 bits per heavy atom. The minimum absolute atomic E-state index is 0. The zero-order valence-corrected chi connectivity index (χ0v) is 19.0. The maximum atomic E-state index is 12.1. The lowest BCUT2D eigenvalue weighted by Crippen LogP contribution is -2.54. The van der Waals surface area contributed by atoms with Gasteiger partial charge in [-0.25, -0.2) is 0 Å². The number of hydrogen-bond acceptors (Lipinski definition) is 4. The van der Waals surface area contributed by atoms with Gasteiger partial charge in [-0.1, -0.05) is 13.8 Å². The number of thioether (sulfide) groups is 1. The van der Waals surface area contributed by atoms with Crippen LogP contribution in [0.2, 0.25) is 0 Å². The molecule has 2 aliphatic rings. The maximum absolute atomic E-state index is 12.1. The molecular formula is C17H34IN5OS. The average molecular weight is 483 g/mol. The summed E-state index contributed by atoms with van der Waals surface area (Å²) in [7, 11) is 0. The summed E-state index contributed by atoms with van der Waals surface area (Å²) in [6.45, 7) is 14.5. The van der Waals surface area contributed by atoms with Crippen molar-refractivity contribution in [3.8, 4) is 0 Å². The zero-order valence-electron chi connectivity index (χ0n) is 15.9. The zero-order chi connectivity index (χ0) is 17.4. The molecule has 0 saturated carbocycles. The summed E-state index contributed by atoms with van der Waals surface area (Å²) in [5.74, 6) is 3.84. The van der Waals surface area contributed by atoms with Crippen LogP contribution in [-0.4, -0.2) is 97.0 Å². The Morgan fingerprint density at radius 3 is 2.24 bits per heavy atom. The first-order valence-electron chi connectivity index (χ1n) is 9.24. The Labute approximate surface area is 174 Å². The first kappa shape index (κ1) is 22.8. The summed E-state index contributed by atoms with van der Waals surface area (Å²) in [6.07, 6.45) is 0. The standard InChI is InChI=1S/C17H33N5OS.HI/c1-4-18-17(19-5-6-20-11-13-24-14-12-20)22-9-7-21(8-10-22)16(23)15(2)3;/h15H,4-14H2,1-3H3,(H,18,19);1H. The van der Waals surface area contributed by atoms with Crippen molar-refractivity contribution in [2.24, 2.45) is 10.9 Å². The number of hydrogen-bond donors (Lipinski definition) is 1. The second-order valence-electron chi connectivity index (χ2n) is 6.66. The molecule has 0 atom stereocenters. The summed E-state index contributed by atoms with van der Waals surface area (Å²) in [6, 6.07) is 0. The van der Waals surface area contributed by atoms with E-state index in [1.807, 2.05) is 30.5 Å². The van der Waals surface area contributed by atoms with Gasteiger partial charge in [-0.2, -0.15) is 11.8 Å². The van der Waals surface area contributed by atoms with Crippen molar-refractivity contribution in [2.75, 3.05) is 70.4 Å². The average Bonchev–Trinajstić information content (AvgIpc) is 2.61. The molecule has 0 bridgehead atoms. The molecule has 1 N–H and O–H groups in total. The van der Waals surface area contributed by atoms with Crippen LogP contribution < -0.4 is 5.32 Å². The van der Waals surface area contributed by atoms with E-state index in [4.69, 9.17) is 4.99 Å². The van der Waals surface area contributed by atoms with E-state index in [0.29, 0.717) is 0 Å². The van der Waals surface area contributed by atoms with Gasteiger partial charge in [0.2, 0.25) is 5.91 Å². The van der Waals surface area contributed by atoms with Gasteiger partial charge in [0.25, 0.3) is 0 Å². The lowest BCUT2D eigenvalue weighted by molar-refractivity contribution is -0.135. The molecule has 0 spiro atoms. The number of carbonyl (C=O) groups is 1. The number of amides is 1. The van der Waals surface area contributed by atoms with E-state index in [-0.39, 0.29) is 35.8 Å². The summed E-state index contributed by atoms with van der Waals surface area (Å²) >= 11 is 2.04. The van der Waals surface area contributed by atoms with Gasteiger partial charge in [-0.05, 0) is 6.92 Å². The molecule has 0 aliphatic carbocycles. The summed E-state index contributed by atoms with van der Waals surface area (Å²) in [5, 5.41) is 3.41. The van der Waals surface area contributed by atoms with E-state index >= 15 is 0 Å². The molecular weight excluding hydrogens is 449 g/mol. The van der Waals surface area contributed by atoms with E-state index in [0.717, 1.165) is 51.8 Å². The van der Waals surface area contributed by atoms with E-state index in [1.165, 1.54) is 24.6 Å². The number of rotatable bonds is 5. The van der Waals surface area contributed by atoms with Crippen molar-refractivity contribution >= 4 is 47.6 Å². The molecule has 6 nitrogen and oxygen atoms in total. The fourth-order valence-electron chi connectivity index (χ4n) is 3.05. The highest BCUT2D eigenvalue weighted by atomic mass is 127. The molecule has 0 aromatic rings. The molecule has 2 fully saturated rings. The van der Waals surface area contributed by atoms with Crippen molar-refractivity contribution in [1.82, 2.24) is 20.0 Å². The van der Waals surface area contributed by atoms with Crippen LogP contribution in [0, 0.1) is 5.92 Å². The number of carbonyl (C=O) groups excluding carboxylic acids is 1. The van der Waals surface area contributed by atoms with E-state index in [2.05, 4.69) is 22.0 Å². The highest BCUT2D eigenvalue weighted by molar-refractivity contribution is 14.0. The second kappa shape index (κ2) is 12.2. The molecule has 1 amide bonds. The number of guanidine groups is 1. The van der Waals surface area contributed by atoms with Gasteiger partial charge in [0.15, 0.2) is 5.96 Å². The molecule has 25 heavy (non-hydrogen) atoms. The third kappa shape index (κ3) is 7.50. The van der Waals surface area contributed by atoms with Crippen LogP contribution in [0.15, 0.2) is 4.99 Å². The molecule has 0 aromatic heterocycles. The monoisotopic (exact) mass is 483 g/mol. The summed E-state index contributed by atoms with van der Waals surface area (Å²) < 4.78 is 0. The minimum atomic E-state index is 0. The Kier molecular flexibility index (Phi) is 11.2. The molecule has 2 aliphatic heterocycles. The normalized spacial score (nSPS) is 19.8. The van der Waals surface area contributed by atoms with E-state index in [9.17, 15) is 4.79 Å². The van der Waals surface area contributed by atoms with Crippen molar-refractivity contribution in [1.29, 1.82) is 0 Å². The second-order valence-corrected chi connectivity index (χ2v) is 7.88. The third-order valence-electron chi connectivity index (χ3n) is 4.50. The maximum Gasteiger partial charge on any atom is 0.225 e. The van der Waals surface area contributed by atoms with Gasteiger partial charge in [0.05, 0.1) is 6.54 Å². The van der Waals surface area contributed by atoms with Crippen molar-refractivity contribution in [2.45, 2.75) is 20.8 Å². The van der Waals surface area contributed by atoms with E-state index in [1.54, 1.807) is 0 Å². The van der Waals surface area contributed by atoms with Crippen molar-refractivity contribution < 1.29 is 4.79 Å². The largest absolute Gasteiger partial charge is 0.357 e. The van der Waals surface area contributed by atoms with Crippen LogP contribution in [0.3, 0.4) is 0 Å². The topological polar surface area (TPSA) is 51.2 Å². The number of nitrogens with zero attached hydrogens (tertiary/aromatic N) is 4. The van der Waals surface area contributed by atoms with Crippen LogP contribution in [0.25, 0.3) is 0 Å². The third-order valence-corrected chi connectivity index (χ3v) is 5.44. The molecule has 146 valence electrons. The van der Waals surface area contributed by atoms with Crippen molar-refractivity contribution in [3.63, 3.8) is 0 Å². The van der Waals surface area contributed by atoms with Gasteiger partial charge >= 0.3 is 0 Å². The summed E-state index contributed by atoms with van der Waals surface area (Å²) in [4.78, 5) is 23.7. The number of piperazine rings is 1. The lowest BCUT2D eigenvalue weighted by Gasteiger charge is -2.37. The van der Waals surface area contributed by atoms with Crippen LogP contribution in [0.4, 0.5) is 0 Å². The number of aliphatic imine (C=N–C) groups is 1. The molecule has 2 rings (SSSR count). The quantitative estimate of drug-likeness (QED) is 0.364. The molecule has 2 saturated heterocycles. The lowest BCUT2D eigenvalue weighted by atomic mass is 10.1. The van der Waals surface area contributed by atoms with E-state index < -0.39 is 0 Å².